The largest absolute Gasteiger partial charge is 0.482 e. The Kier molecular flexibility index (Phi) is 6.21. The molecule has 0 atom stereocenters. The summed E-state index contributed by atoms with van der Waals surface area (Å²) in [4.78, 5) is 27.8. The highest BCUT2D eigenvalue weighted by Crippen LogP contribution is 2.36. The number of hydrogen-bond donors (Lipinski definition) is 1. The summed E-state index contributed by atoms with van der Waals surface area (Å²) in [6.07, 6.45) is 5.82. The van der Waals surface area contributed by atoms with Crippen molar-refractivity contribution in [3.8, 4) is 17.1 Å². The van der Waals surface area contributed by atoms with Gasteiger partial charge in [0.25, 0.3) is 0 Å². The average molecular weight is 422 g/mol. The van der Waals surface area contributed by atoms with Gasteiger partial charge in [-0.2, -0.15) is 0 Å². The van der Waals surface area contributed by atoms with Gasteiger partial charge in [0, 0.05) is 11.6 Å². The molecule has 1 N–H and O–H groups in total. The number of hydrogen-bond acceptors (Lipinski definition) is 5. The molecule has 2 aromatic carbocycles. The second-order valence-electron chi connectivity index (χ2n) is 7.73. The molecule has 162 valence electrons. The Bertz CT molecular complexity index is 1080. The van der Waals surface area contributed by atoms with Crippen molar-refractivity contribution in [3.05, 3.63) is 48.0 Å². The zero-order valence-electron chi connectivity index (χ0n) is 17.5. The van der Waals surface area contributed by atoms with E-state index in [1.54, 1.807) is 31.2 Å². The Morgan fingerprint density at radius 2 is 1.84 bits per heavy atom. The van der Waals surface area contributed by atoms with Crippen molar-refractivity contribution in [1.82, 2.24) is 9.55 Å². The lowest BCUT2D eigenvalue weighted by molar-refractivity contribution is -0.139. The van der Waals surface area contributed by atoms with Crippen LogP contribution in [-0.2, 0) is 9.53 Å². The molecule has 0 spiro atoms. The lowest BCUT2D eigenvalue weighted by Gasteiger charge is -2.25. The number of aromatic nitrogens is 2. The smallest absolute Gasteiger partial charge is 0.341 e. The van der Waals surface area contributed by atoms with E-state index in [4.69, 9.17) is 19.6 Å². The van der Waals surface area contributed by atoms with Crippen molar-refractivity contribution in [2.45, 2.75) is 45.1 Å². The molecule has 0 saturated heterocycles. The van der Waals surface area contributed by atoms with E-state index in [0.717, 1.165) is 35.3 Å². The van der Waals surface area contributed by atoms with Crippen molar-refractivity contribution < 1.29 is 24.2 Å². The maximum absolute atomic E-state index is 12.2. The van der Waals surface area contributed by atoms with Gasteiger partial charge < -0.3 is 19.1 Å². The first kappa shape index (κ1) is 20.9. The van der Waals surface area contributed by atoms with Crippen LogP contribution in [0.2, 0.25) is 0 Å². The van der Waals surface area contributed by atoms with Gasteiger partial charge >= 0.3 is 11.9 Å². The Morgan fingerprint density at radius 3 is 2.52 bits per heavy atom. The van der Waals surface area contributed by atoms with Crippen LogP contribution in [-0.4, -0.2) is 39.8 Å². The number of benzene rings is 2. The fourth-order valence-corrected chi connectivity index (χ4v) is 4.20. The van der Waals surface area contributed by atoms with Crippen molar-refractivity contribution in [1.29, 1.82) is 0 Å². The van der Waals surface area contributed by atoms with Gasteiger partial charge in [-0.05, 0) is 62.2 Å². The van der Waals surface area contributed by atoms with E-state index in [1.807, 2.05) is 18.2 Å². The van der Waals surface area contributed by atoms with Crippen LogP contribution in [0.1, 0.15) is 55.4 Å². The summed E-state index contributed by atoms with van der Waals surface area (Å²) in [5, 5.41) is 8.79. The Labute approximate surface area is 180 Å². The van der Waals surface area contributed by atoms with Crippen LogP contribution < -0.4 is 4.74 Å². The number of ether oxygens (including phenoxy) is 2. The summed E-state index contributed by atoms with van der Waals surface area (Å²) in [5.41, 5.74) is 3.17. The Morgan fingerprint density at radius 1 is 1.10 bits per heavy atom. The van der Waals surface area contributed by atoms with Gasteiger partial charge in [0.05, 0.1) is 23.2 Å². The number of fused-ring (bicyclic) bond motifs is 1. The number of aliphatic carboxylic acids is 1. The number of carboxylic acids is 1. The molecule has 1 aromatic heterocycles. The monoisotopic (exact) mass is 422 g/mol. The number of rotatable bonds is 7. The van der Waals surface area contributed by atoms with Crippen LogP contribution in [0.3, 0.4) is 0 Å². The standard InChI is InChI=1S/C24H26N2O5/c1-2-30-24(29)17-10-13-21-20(14-17)25-23(26(21)18-6-4-3-5-7-18)16-8-11-19(12-9-16)31-15-22(27)28/h8-14,18H,2-7,15H2,1H3,(H,27,28). The first-order valence-corrected chi connectivity index (χ1v) is 10.7. The normalized spacial score (nSPS) is 14.5. The van der Waals surface area contributed by atoms with Crippen LogP contribution in [0, 0.1) is 0 Å². The minimum absolute atomic E-state index is 0.328. The summed E-state index contributed by atoms with van der Waals surface area (Å²) >= 11 is 0. The molecular formula is C24H26N2O5. The van der Waals surface area contributed by atoms with Crippen LogP contribution in [0.5, 0.6) is 5.75 Å². The average Bonchev–Trinajstić information content (AvgIpc) is 3.17. The van der Waals surface area contributed by atoms with E-state index in [0.29, 0.717) is 24.0 Å². The maximum atomic E-state index is 12.2. The first-order chi connectivity index (χ1) is 15.1. The number of imidazole rings is 1. The van der Waals surface area contributed by atoms with Gasteiger partial charge in [-0.3, -0.25) is 0 Å². The molecule has 1 aliphatic rings. The molecule has 0 aliphatic heterocycles. The van der Waals surface area contributed by atoms with E-state index in [1.165, 1.54) is 19.3 Å². The number of carbonyl (C=O) groups is 2. The quantitative estimate of drug-likeness (QED) is 0.548. The van der Waals surface area contributed by atoms with Gasteiger partial charge in [-0.15, -0.1) is 0 Å². The van der Waals surface area contributed by atoms with E-state index in [9.17, 15) is 9.59 Å². The Balaban J connectivity index is 1.75. The SMILES string of the molecule is CCOC(=O)c1ccc2c(c1)nc(-c1ccc(OCC(=O)O)cc1)n2C1CCCCC1. The minimum atomic E-state index is -1.01. The first-order valence-electron chi connectivity index (χ1n) is 10.7. The van der Waals surface area contributed by atoms with Crippen LogP contribution >= 0.6 is 0 Å². The molecule has 1 saturated carbocycles. The van der Waals surface area contributed by atoms with Crippen LogP contribution in [0.25, 0.3) is 22.4 Å². The van der Waals surface area contributed by atoms with E-state index in [-0.39, 0.29) is 12.6 Å². The number of nitrogens with zero attached hydrogens (tertiary/aromatic N) is 2. The molecule has 7 heteroatoms. The summed E-state index contributed by atoms with van der Waals surface area (Å²) in [6, 6.07) is 13.2. The predicted molar refractivity (Wildman–Crippen MR) is 116 cm³/mol. The fourth-order valence-electron chi connectivity index (χ4n) is 4.20. The Hall–Kier alpha value is -3.35. The molecule has 0 amide bonds. The van der Waals surface area contributed by atoms with Crippen molar-refractivity contribution in [3.63, 3.8) is 0 Å². The zero-order chi connectivity index (χ0) is 21.8. The second-order valence-corrected chi connectivity index (χ2v) is 7.73. The van der Waals surface area contributed by atoms with Crippen LogP contribution in [0.15, 0.2) is 42.5 Å². The molecule has 7 nitrogen and oxygen atoms in total. The predicted octanol–water partition coefficient (Wildman–Crippen LogP) is 4.85. The molecule has 4 rings (SSSR count). The molecule has 1 aliphatic carbocycles. The van der Waals surface area contributed by atoms with Gasteiger partial charge in [-0.25, -0.2) is 14.6 Å². The summed E-state index contributed by atoms with van der Waals surface area (Å²) in [6.45, 7) is 1.74. The maximum Gasteiger partial charge on any atom is 0.341 e. The summed E-state index contributed by atoms with van der Waals surface area (Å²) in [7, 11) is 0. The third-order valence-electron chi connectivity index (χ3n) is 5.62. The zero-order valence-corrected chi connectivity index (χ0v) is 17.5. The van der Waals surface area contributed by atoms with Crippen LogP contribution in [0.4, 0.5) is 0 Å². The number of esters is 1. The van der Waals surface area contributed by atoms with Gasteiger partial charge in [0.1, 0.15) is 11.6 Å². The second kappa shape index (κ2) is 9.20. The third kappa shape index (κ3) is 4.55. The number of carboxylic acid groups (broad SMARTS) is 1. The third-order valence-corrected chi connectivity index (χ3v) is 5.62. The van der Waals surface area contributed by atoms with Gasteiger partial charge in [0.15, 0.2) is 6.61 Å². The van der Waals surface area contributed by atoms with E-state index in [2.05, 4.69) is 4.57 Å². The highest BCUT2D eigenvalue weighted by molar-refractivity contribution is 5.94. The summed E-state index contributed by atoms with van der Waals surface area (Å²) in [5.74, 6) is -0.0255. The minimum Gasteiger partial charge on any atom is -0.482 e. The van der Waals surface area contributed by atoms with Crippen molar-refractivity contribution >= 4 is 23.0 Å². The fraction of sp³-hybridized carbons (Fsp3) is 0.375. The molecule has 3 aromatic rings. The lowest BCUT2D eigenvalue weighted by Crippen LogP contribution is -2.14. The van der Waals surface area contributed by atoms with Gasteiger partial charge in [-0.1, -0.05) is 19.3 Å². The lowest BCUT2D eigenvalue weighted by atomic mass is 9.95. The van der Waals surface area contributed by atoms with E-state index < -0.39 is 5.97 Å². The van der Waals surface area contributed by atoms with Crippen molar-refractivity contribution in [2.75, 3.05) is 13.2 Å². The number of carbonyl (C=O) groups excluding carboxylic acids is 1. The topological polar surface area (TPSA) is 90.7 Å². The van der Waals surface area contributed by atoms with E-state index >= 15 is 0 Å². The molecule has 1 heterocycles. The highest BCUT2D eigenvalue weighted by atomic mass is 16.5. The highest BCUT2D eigenvalue weighted by Gasteiger charge is 2.23. The molecular weight excluding hydrogens is 396 g/mol. The molecule has 0 unspecified atom stereocenters. The molecule has 0 radical (unpaired) electrons. The van der Waals surface area contributed by atoms with Crippen molar-refractivity contribution in [2.24, 2.45) is 0 Å². The molecule has 0 bridgehead atoms. The molecule has 1 fully saturated rings. The molecule has 31 heavy (non-hydrogen) atoms. The summed E-state index contributed by atoms with van der Waals surface area (Å²) < 4.78 is 12.7. The van der Waals surface area contributed by atoms with Gasteiger partial charge in [0.2, 0.25) is 0 Å².